The van der Waals surface area contributed by atoms with Gasteiger partial charge in [0, 0.05) is 25.8 Å². The zero-order chi connectivity index (χ0) is 17.0. The minimum Gasteiger partial charge on any atom is -0.481 e. The molecule has 0 radical (unpaired) electrons. The first-order chi connectivity index (χ1) is 10.9. The zero-order valence-corrected chi connectivity index (χ0v) is 13.4. The Kier molecular flexibility index (Phi) is 5.31. The summed E-state index contributed by atoms with van der Waals surface area (Å²) in [4.78, 5) is 42.6. The predicted molar refractivity (Wildman–Crippen MR) is 82.9 cm³/mol. The standard InChI is InChI=1S/C16H21N3O4/c1-11-5-3-7-13(17-11)15(21)18(2)10-14(20)19-8-4-6-12(9-19)16(22)23/h3,5,7,12H,4,6,8-10H2,1-2H3,(H,22,23). The van der Waals surface area contributed by atoms with Gasteiger partial charge < -0.3 is 14.9 Å². The van der Waals surface area contributed by atoms with Crippen LogP contribution in [0.25, 0.3) is 0 Å². The van der Waals surface area contributed by atoms with Crippen molar-refractivity contribution in [1.29, 1.82) is 0 Å². The van der Waals surface area contributed by atoms with Gasteiger partial charge in [0.15, 0.2) is 0 Å². The molecule has 1 aliphatic rings. The first-order valence-electron chi connectivity index (χ1n) is 7.58. The fourth-order valence-corrected chi connectivity index (χ4v) is 2.64. The van der Waals surface area contributed by atoms with Crippen LogP contribution in [0.3, 0.4) is 0 Å². The summed E-state index contributed by atoms with van der Waals surface area (Å²) in [6, 6.07) is 5.15. The number of aliphatic carboxylic acids is 1. The van der Waals surface area contributed by atoms with Crippen molar-refractivity contribution in [2.75, 3.05) is 26.7 Å². The third-order valence-electron chi connectivity index (χ3n) is 3.95. The maximum absolute atomic E-state index is 12.3. The van der Waals surface area contributed by atoms with E-state index in [1.54, 1.807) is 32.2 Å². The molecule has 0 saturated carbocycles. The number of aromatic nitrogens is 1. The number of likely N-dealkylation sites (N-methyl/N-ethyl adjacent to an activating group) is 1. The Morgan fingerprint density at radius 2 is 2.13 bits per heavy atom. The Hall–Kier alpha value is -2.44. The number of carboxylic acids is 1. The molecule has 7 nitrogen and oxygen atoms in total. The van der Waals surface area contributed by atoms with Crippen LogP contribution in [0.4, 0.5) is 0 Å². The molecule has 0 aliphatic carbocycles. The smallest absolute Gasteiger partial charge is 0.308 e. The number of hydrogen-bond acceptors (Lipinski definition) is 4. The quantitative estimate of drug-likeness (QED) is 0.886. The van der Waals surface area contributed by atoms with Crippen molar-refractivity contribution in [3.63, 3.8) is 0 Å². The van der Waals surface area contributed by atoms with E-state index < -0.39 is 11.9 Å². The monoisotopic (exact) mass is 319 g/mol. The minimum atomic E-state index is -0.879. The van der Waals surface area contributed by atoms with Gasteiger partial charge in [-0.2, -0.15) is 0 Å². The van der Waals surface area contributed by atoms with Crippen molar-refractivity contribution in [2.24, 2.45) is 5.92 Å². The summed E-state index contributed by atoms with van der Waals surface area (Å²) in [7, 11) is 1.54. The van der Waals surface area contributed by atoms with Crippen molar-refractivity contribution in [3.8, 4) is 0 Å². The van der Waals surface area contributed by atoms with Crippen LogP contribution in [-0.4, -0.2) is 64.4 Å². The van der Waals surface area contributed by atoms with Gasteiger partial charge in [0.05, 0.1) is 12.5 Å². The summed E-state index contributed by atoms with van der Waals surface area (Å²) >= 11 is 0. The van der Waals surface area contributed by atoms with E-state index in [4.69, 9.17) is 5.11 Å². The van der Waals surface area contributed by atoms with Crippen LogP contribution in [0, 0.1) is 12.8 Å². The summed E-state index contributed by atoms with van der Waals surface area (Å²) < 4.78 is 0. The van der Waals surface area contributed by atoms with Crippen LogP contribution in [0.1, 0.15) is 29.0 Å². The normalized spacial score (nSPS) is 17.7. The van der Waals surface area contributed by atoms with E-state index in [0.29, 0.717) is 25.1 Å². The molecule has 0 bridgehead atoms. The van der Waals surface area contributed by atoms with Crippen molar-refractivity contribution in [3.05, 3.63) is 29.6 Å². The number of carbonyl (C=O) groups excluding carboxylic acids is 2. The molecule has 1 saturated heterocycles. The van der Waals surface area contributed by atoms with Crippen molar-refractivity contribution in [1.82, 2.24) is 14.8 Å². The number of amides is 2. The first-order valence-corrected chi connectivity index (χ1v) is 7.58. The third kappa shape index (κ3) is 4.28. The van der Waals surface area contributed by atoms with Gasteiger partial charge in [-0.25, -0.2) is 4.98 Å². The molecule has 7 heteroatoms. The van der Waals surface area contributed by atoms with E-state index in [2.05, 4.69) is 4.98 Å². The van der Waals surface area contributed by atoms with Gasteiger partial charge in [0.2, 0.25) is 5.91 Å². The number of pyridine rings is 1. The molecule has 1 aromatic rings. The lowest BCUT2D eigenvalue weighted by molar-refractivity contribution is -0.145. The molecule has 1 aromatic heterocycles. The Morgan fingerprint density at radius 3 is 2.78 bits per heavy atom. The summed E-state index contributed by atoms with van der Waals surface area (Å²) in [6.07, 6.45) is 1.25. The second-order valence-electron chi connectivity index (χ2n) is 5.84. The van der Waals surface area contributed by atoms with Crippen LogP contribution < -0.4 is 0 Å². The number of hydrogen-bond donors (Lipinski definition) is 1. The largest absolute Gasteiger partial charge is 0.481 e. The molecule has 1 N–H and O–H groups in total. The van der Waals surface area contributed by atoms with Gasteiger partial charge in [-0.15, -0.1) is 0 Å². The second kappa shape index (κ2) is 7.21. The number of rotatable bonds is 4. The molecule has 1 aliphatic heterocycles. The van der Waals surface area contributed by atoms with Gasteiger partial charge in [0.25, 0.3) is 5.91 Å². The fourth-order valence-electron chi connectivity index (χ4n) is 2.64. The van der Waals surface area contributed by atoms with Gasteiger partial charge in [0.1, 0.15) is 5.69 Å². The van der Waals surface area contributed by atoms with Gasteiger partial charge in [-0.05, 0) is 31.9 Å². The second-order valence-corrected chi connectivity index (χ2v) is 5.84. The summed E-state index contributed by atoms with van der Waals surface area (Å²) in [5.74, 6) is -1.96. The van der Waals surface area contributed by atoms with E-state index in [9.17, 15) is 14.4 Å². The number of carboxylic acid groups (broad SMARTS) is 1. The van der Waals surface area contributed by atoms with Crippen molar-refractivity contribution >= 4 is 17.8 Å². The molecule has 2 heterocycles. The van der Waals surface area contributed by atoms with Crippen molar-refractivity contribution in [2.45, 2.75) is 19.8 Å². The van der Waals surface area contributed by atoms with Crippen LogP contribution in [0.2, 0.25) is 0 Å². The maximum Gasteiger partial charge on any atom is 0.308 e. The molecule has 1 atom stereocenters. The van der Waals surface area contributed by atoms with Gasteiger partial charge in [-0.3, -0.25) is 14.4 Å². The van der Waals surface area contributed by atoms with Crippen LogP contribution in [0.5, 0.6) is 0 Å². The molecule has 23 heavy (non-hydrogen) atoms. The lowest BCUT2D eigenvalue weighted by atomic mass is 9.98. The molecule has 2 amide bonds. The molecule has 124 valence electrons. The Morgan fingerprint density at radius 1 is 1.39 bits per heavy atom. The van der Waals surface area contributed by atoms with E-state index in [1.807, 2.05) is 0 Å². The Balaban J connectivity index is 1.96. The number of piperidine rings is 1. The van der Waals surface area contributed by atoms with E-state index in [0.717, 1.165) is 5.69 Å². The average Bonchev–Trinajstić information content (AvgIpc) is 2.54. The third-order valence-corrected chi connectivity index (χ3v) is 3.95. The van der Waals surface area contributed by atoms with Crippen LogP contribution in [-0.2, 0) is 9.59 Å². The molecule has 0 spiro atoms. The molecule has 0 aromatic carbocycles. The van der Waals surface area contributed by atoms with Gasteiger partial charge >= 0.3 is 5.97 Å². The highest BCUT2D eigenvalue weighted by molar-refractivity contribution is 5.94. The molecular weight excluding hydrogens is 298 g/mol. The minimum absolute atomic E-state index is 0.0825. The SMILES string of the molecule is Cc1cccc(C(=O)N(C)CC(=O)N2CCCC(C(=O)O)C2)n1. The first kappa shape index (κ1) is 16.9. The highest BCUT2D eigenvalue weighted by Gasteiger charge is 2.29. The zero-order valence-electron chi connectivity index (χ0n) is 13.4. The molecule has 2 rings (SSSR count). The van der Waals surface area contributed by atoms with Gasteiger partial charge in [-0.1, -0.05) is 6.07 Å². The average molecular weight is 319 g/mol. The van der Waals surface area contributed by atoms with E-state index in [-0.39, 0.29) is 24.9 Å². The number of likely N-dealkylation sites (tertiary alicyclic amines) is 1. The number of nitrogens with zero attached hydrogens (tertiary/aromatic N) is 3. The van der Waals surface area contributed by atoms with E-state index >= 15 is 0 Å². The highest BCUT2D eigenvalue weighted by Crippen LogP contribution is 2.17. The molecule has 1 fully saturated rings. The lowest BCUT2D eigenvalue weighted by Crippen LogP contribution is -2.47. The maximum atomic E-state index is 12.3. The topological polar surface area (TPSA) is 90.8 Å². The van der Waals surface area contributed by atoms with Crippen molar-refractivity contribution < 1.29 is 19.5 Å². The summed E-state index contributed by atoms with van der Waals surface area (Å²) in [5.41, 5.74) is 1.03. The Bertz CT molecular complexity index is 617. The van der Waals surface area contributed by atoms with E-state index in [1.165, 1.54) is 9.80 Å². The molecular formula is C16H21N3O4. The number of carbonyl (C=O) groups is 3. The number of aryl methyl sites for hydroxylation is 1. The summed E-state index contributed by atoms with van der Waals surface area (Å²) in [6.45, 7) is 2.45. The molecule has 1 unspecified atom stereocenters. The predicted octanol–water partition coefficient (Wildman–Crippen LogP) is 0.785. The van der Waals surface area contributed by atoms with Crippen LogP contribution in [0.15, 0.2) is 18.2 Å². The highest BCUT2D eigenvalue weighted by atomic mass is 16.4. The lowest BCUT2D eigenvalue weighted by Gasteiger charge is -2.32. The Labute approximate surface area is 134 Å². The summed E-state index contributed by atoms with van der Waals surface area (Å²) in [5, 5.41) is 9.07. The fraction of sp³-hybridized carbons (Fsp3) is 0.500. The van der Waals surface area contributed by atoms with Crippen LogP contribution >= 0.6 is 0 Å².